The Bertz CT molecular complexity index is 1200. The van der Waals surface area contributed by atoms with Gasteiger partial charge in [-0.2, -0.15) is 0 Å². The van der Waals surface area contributed by atoms with Crippen molar-refractivity contribution in [3.63, 3.8) is 0 Å². The van der Waals surface area contributed by atoms with Crippen molar-refractivity contribution >= 4 is 29.1 Å². The van der Waals surface area contributed by atoms with E-state index in [4.69, 9.17) is 0 Å². The summed E-state index contributed by atoms with van der Waals surface area (Å²) in [6.45, 7) is 4.83. The van der Waals surface area contributed by atoms with Crippen LogP contribution in [0.2, 0.25) is 0 Å². The largest absolute Gasteiger partial charge is 0.348 e. The number of rotatable bonds is 6. The van der Waals surface area contributed by atoms with E-state index in [1.807, 2.05) is 62.4 Å². The number of nitrogens with zero attached hydrogens (tertiary/aromatic N) is 1. The third-order valence-electron chi connectivity index (χ3n) is 5.79. The first-order valence-electron chi connectivity index (χ1n) is 11.1. The maximum Gasteiger partial charge on any atom is 0.255 e. The highest BCUT2D eigenvalue weighted by molar-refractivity contribution is 6.04. The zero-order valence-electron chi connectivity index (χ0n) is 18.9. The maximum atomic E-state index is 12.7. The molecule has 1 aliphatic rings. The summed E-state index contributed by atoms with van der Waals surface area (Å²) in [5.74, 6) is -0.252. The molecule has 4 rings (SSSR count). The van der Waals surface area contributed by atoms with Gasteiger partial charge in [-0.15, -0.1) is 0 Å². The molecule has 1 aliphatic heterocycles. The first-order valence-corrected chi connectivity index (χ1v) is 11.1. The molecule has 0 saturated carbocycles. The first-order chi connectivity index (χ1) is 15.9. The lowest BCUT2D eigenvalue weighted by molar-refractivity contribution is -0.118. The summed E-state index contributed by atoms with van der Waals surface area (Å²) in [4.78, 5) is 39.0. The van der Waals surface area contributed by atoms with E-state index >= 15 is 0 Å². The maximum absolute atomic E-state index is 12.7. The van der Waals surface area contributed by atoms with Crippen LogP contribution in [0.25, 0.3) is 0 Å². The lowest BCUT2D eigenvalue weighted by Crippen LogP contribution is -2.27. The molecule has 3 amide bonds. The number of carbonyl (C=O) groups excluding carboxylic acids is 3. The molecule has 3 aromatic carbocycles. The molecule has 2 N–H and O–H groups in total. The van der Waals surface area contributed by atoms with Crippen LogP contribution >= 0.6 is 0 Å². The van der Waals surface area contributed by atoms with Gasteiger partial charge in [0.05, 0.1) is 0 Å². The van der Waals surface area contributed by atoms with Gasteiger partial charge >= 0.3 is 0 Å². The topological polar surface area (TPSA) is 78.5 Å². The van der Waals surface area contributed by atoms with Gasteiger partial charge in [0.2, 0.25) is 5.91 Å². The van der Waals surface area contributed by atoms with Crippen LogP contribution in [-0.4, -0.2) is 24.3 Å². The Labute approximate surface area is 193 Å². The van der Waals surface area contributed by atoms with Crippen LogP contribution in [0.1, 0.15) is 50.8 Å². The minimum atomic E-state index is -0.176. The number of nitrogens with one attached hydrogen (secondary N) is 2. The van der Waals surface area contributed by atoms with Crippen molar-refractivity contribution in [3.05, 3.63) is 94.5 Å². The number of amides is 3. The Kier molecular flexibility index (Phi) is 6.54. The highest BCUT2D eigenvalue weighted by Crippen LogP contribution is 2.29. The van der Waals surface area contributed by atoms with Crippen LogP contribution in [0.3, 0.4) is 0 Å². The van der Waals surface area contributed by atoms with Crippen molar-refractivity contribution in [3.8, 4) is 0 Å². The molecule has 0 aromatic heterocycles. The second-order valence-corrected chi connectivity index (χ2v) is 8.20. The molecule has 6 heteroatoms. The molecular weight excluding hydrogens is 414 g/mol. The SMILES string of the molecule is CCC(=O)N1CCc2cc(C(=O)NCc3cccc(NC(=O)c4ccc(C)cc4)c3)ccc21. The van der Waals surface area contributed by atoms with E-state index in [0.717, 1.165) is 28.8 Å². The highest BCUT2D eigenvalue weighted by atomic mass is 16.2. The minimum Gasteiger partial charge on any atom is -0.348 e. The summed E-state index contributed by atoms with van der Waals surface area (Å²) in [5.41, 5.74) is 5.73. The van der Waals surface area contributed by atoms with Crippen LogP contribution in [0.15, 0.2) is 66.7 Å². The highest BCUT2D eigenvalue weighted by Gasteiger charge is 2.24. The van der Waals surface area contributed by atoms with Gasteiger partial charge in [-0.1, -0.05) is 36.8 Å². The lowest BCUT2D eigenvalue weighted by atomic mass is 10.1. The van der Waals surface area contributed by atoms with Gasteiger partial charge in [0, 0.05) is 42.0 Å². The Morgan fingerprint density at radius 2 is 1.67 bits per heavy atom. The molecule has 0 bridgehead atoms. The average Bonchev–Trinajstić information content (AvgIpc) is 3.26. The molecule has 168 valence electrons. The number of benzene rings is 3. The molecular formula is C27H27N3O3. The fraction of sp³-hybridized carbons (Fsp3) is 0.222. The van der Waals surface area contributed by atoms with Crippen LogP contribution < -0.4 is 15.5 Å². The van der Waals surface area contributed by atoms with Crippen LogP contribution in [-0.2, 0) is 17.8 Å². The number of carbonyl (C=O) groups is 3. The van der Waals surface area contributed by atoms with E-state index in [9.17, 15) is 14.4 Å². The summed E-state index contributed by atoms with van der Waals surface area (Å²) in [6.07, 6.45) is 1.22. The summed E-state index contributed by atoms with van der Waals surface area (Å²) in [7, 11) is 0. The molecule has 0 radical (unpaired) electrons. The van der Waals surface area contributed by atoms with Gasteiger partial charge in [0.15, 0.2) is 0 Å². The predicted molar refractivity (Wildman–Crippen MR) is 130 cm³/mol. The monoisotopic (exact) mass is 441 g/mol. The van der Waals surface area contributed by atoms with Crippen molar-refractivity contribution < 1.29 is 14.4 Å². The van der Waals surface area contributed by atoms with Gasteiger partial charge in [-0.3, -0.25) is 14.4 Å². The minimum absolute atomic E-state index is 0.0975. The second kappa shape index (κ2) is 9.69. The zero-order chi connectivity index (χ0) is 23.4. The van der Waals surface area contributed by atoms with Crippen molar-refractivity contribution in [2.24, 2.45) is 0 Å². The summed E-state index contributed by atoms with van der Waals surface area (Å²) < 4.78 is 0. The molecule has 0 fully saturated rings. The molecule has 3 aromatic rings. The lowest BCUT2D eigenvalue weighted by Gasteiger charge is -2.16. The van der Waals surface area contributed by atoms with Crippen LogP contribution in [0.5, 0.6) is 0 Å². The fourth-order valence-electron chi connectivity index (χ4n) is 3.94. The zero-order valence-corrected chi connectivity index (χ0v) is 18.9. The normalized spacial score (nSPS) is 12.2. The number of hydrogen-bond acceptors (Lipinski definition) is 3. The molecule has 0 spiro atoms. The average molecular weight is 442 g/mol. The van der Waals surface area contributed by atoms with Crippen LogP contribution in [0.4, 0.5) is 11.4 Å². The molecule has 0 saturated heterocycles. The number of fused-ring (bicyclic) bond motifs is 1. The van der Waals surface area contributed by atoms with E-state index in [1.165, 1.54) is 0 Å². The quantitative estimate of drug-likeness (QED) is 0.592. The Morgan fingerprint density at radius 3 is 2.42 bits per heavy atom. The number of anilines is 2. The summed E-state index contributed by atoms with van der Waals surface area (Å²) in [6, 6.07) is 20.3. The van der Waals surface area contributed by atoms with Gasteiger partial charge in [0.25, 0.3) is 11.8 Å². The van der Waals surface area contributed by atoms with Crippen LogP contribution in [0, 0.1) is 6.92 Å². The molecule has 1 heterocycles. The Morgan fingerprint density at radius 1 is 0.909 bits per heavy atom. The smallest absolute Gasteiger partial charge is 0.255 e. The second-order valence-electron chi connectivity index (χ2n) is 8.20. The molecule has 33 heavy (non-hydrogen) atoms. The van der Waals surface area contributed by atoms with Gasteiger partial charge < -0.3 is 15.5 Å². The molecule has 6 nitrogen and oxygen atoms in total. The van der Waals surface area contributed by atoms with Gasteiger partial charge in [0.1, 0.15) is 0 Å². The number of hydrogen-bond donors (Lipinski definition) is 2. The fourth-order valence-corrected chi connectivity index (χ4v) is 3.94. The summed E-state index contributed by atoms with van der Waals surface area (Å²) in [5, 5.41) is 5.84. The van der Waals surface area contributed by atoms with E-state index in [1.54, 1.807) is 23.1 Å². The third-order valence-corrected chi connectivity index (χ3v) is 5.79. The molecule has 0 aliphatic carbocycles. The standard InChI is InChI=1S/C27H27N3O3/c1-3-25(31)30-14-13-21-16-22(11-12-24(21)30)26(32)28-17-19-5-4-6-23(15-19)29-27(33)20-9-7-18(2)8-10-20/h4-12,15-16H,3,13-14,17H2,1-2H3,(H,28,32)(H,29,33). The first kappa shape index (κ1) is 22.3. The predicted octanol–water partition coefficient (Wildman–Crippen LogP) is 4.48. The van der Waals surface area contributed by atoms with Crippen molar-refractivity contribution in [2.75, 3.05) is 16.8 Å². The Hall–Kier alpha value is -3.93. The van der Waals surface area contributed by atoms with E-state index in [2.05, 4.69) is 10.6 Å². The van der Waals surface area contributed by atoms with E-state index in [-0.39, 0.29) is 17.7 Å². The van der Waals surface area contributed by atoms with E-state index < -0.39 is 0 Å². The third kappa shape index (κ3) is 5.12. The number of aryl methyl sites for hydroxylation is 1. The Balaban J connectivity index is 1.37. The van der Waals surface area contributed by atoms with Gasteiger partial charge in [-0.05, 0) is 66.9 Å². The molecule has 0 unspecified atom stereocenters. The van der Waals surface area contributed by atoms with Crippen molar-refractivity contribution in [1.82, 2.24) is 5.32 Å². The molecule has 0 atom stereocenters. The summed E-state index contributed by atoms with van der Waals surface area (Å²) >= 11 is 0. The van der Waals surface area contributed by atoms with Gasteiger partial charge in [-0.25, -0.2) is 0 Å². The van der Waals surface area contributed by atoms with E-state index in [0.29, 0.717) is 36.3 Å². The van der Waals surface area contributed by atoms with Crippen molar-refractivity contribution in [1.29, 1.82) is 0 Å². The van der Waals surface area contributed by atoms with Crippen molar-refractivity contribution in [2.45, 2.75) is 33.2 Å².